The third-order valence-corrected chi connectivity index (χ3v) is 10.9. The van der Waals surface area contributed by atoms with Crippen molar-refractivity contribution in [3.63, 3.8) is 0 Å². The highest BCUT2D eigenvalue weighted by atomic mass is 32.2. The van der Waals surface area contributed by atoms with E-state index in [1.807, 2.05) is 91.0 Å². The summed E-state index contributed by atoms with van der Waals surface area (Å²) >= 11 is 2.75. The average Bonchev–Trinajstić information content (AvgIpc) is 3.19. The molecule has 0 saturated carbocycles. The second-order valence-corrected chi connectivity index (χ2v) is 14.4. The van der Waals surface area contributed by atoms with Crippen LogP contribution in [0.5, 0.6) is 0 Å². The number of thioether (sulfide) groups is 2. The van der Waals surface area contributed by atoms with Crippen molar-refractivity contribution >= 4 is 65.9 Å². The molecule has 0 radical (unpaired) electrons. The number of nitrogens with two attached hydrogens (primary N) is 1. The Hall–Kier alpha value is -5.60. The lowest BCUT2D eigenvalue weighted by molar-refractivity contribution is 0.970. The molecule has 5 nitrogen and oxygen atoms in total. The van der Waals surface area contributed by atoms with Crippen LogP contribution < -0.4 is 5.73 Å². The predicted octanol–water partition coefficient (Wildman–Crippen LogP) is 11.2. The number of hydrogen-bond acceptors (Lipinski definition) is 7. The first-order valence-electron chi connectivity index (χ1n) is 16.7. The highest BCUT2D eigenvalue weighted by Crippen LogP contribution is 2.32. The fourth-order valence-electron chi connectivity index (χ4n) is 6.38. The van der Waals surface area contributed by atoms with Crippen LogP contribution in [0.3, 0.4) is 0 Å². The van der Waals surface area contributed by atoms with Crippen LogP contribution in [0.25, 0.3) is 54.8 Å². The van der Waals surface area contributed by atoms with E-state index in [1.165, 1.54) is 34.3 Å². The summed E-state index contributed by atoms with van der Waals surface area (Å²) in [4.78, 5) is 9.88. The largest absolute Gasteiger partial charge is 0.314 e. The molecule has 1 atom stereocenters. The lowest BCUT2D eigenvalue weighted by Gasteiger charge is -2.14. The molecule has 2 heterocycles. The van der Waals surface area contributed by atoms with Crippen LogP contribution in [0.4, 0.5) is 0 Å². The van der Waals surface area contributed by atoms with Gasteiger partial charge in [0.05, 0.1) is 38.2 Å². The number of nitrogens with zero attached hydrogens (tertiary/aromatic N) is 2. The molecular formula is C44H33N5S2. The standard InChI is InChI=1S/C44H33N5S2/c45-42(50-27-34-13-7-18-39(48-34)37-16-5-11-29-9-1-3-14-35(29)37)31-23-21-28-22-24-32(26-33(28)25-31)43(46)51-44(47)41-20-8-19-40(49-41)38-17-6-12-30-10-2-4-15-36(30)38/h1-26,44-46H,27,47H2. The molecule has 0 saturated heterocycles. The van der Waals surface area contributed by atoms with Gasteiger partial charge in [-0.05, 0) is 68.7 Å². The van der Waals surface area contributed by atoms with Gasteiger partial charge in [-0.15, -0.1) is 11.8 Å². The normalized spacial score (nSPS) is 11.9. The van der Waals surface area contributed by atoms with E-state index in [4.69, 9.17) is 26.5 Å². The van der Waals surface area contributed by atoms with E-state index in [1.54, 1.807) is 0 Å². The molecule has 0 aliphatic carbocycles. The van der Waals surface area contributed by atoms with Crippen LogP contribution in [0.15, 0.2) is 158 Å². The van der Waals surface area contributed by atoms with Crippen LogP contribution in [-0.2, 0) is 5.75 Å². The van der Waals surface area contributed by atoms with Crippen molar-refractivity contribution in [3.05, 3.63) is 180 Å². The smallest absolute Gasteiger partial charge is 0.0999 e. The fraction of sp³-hybridized carbons (Fsp3) is 0.0455. The van der Waals surface area contributed by atoms with Gasteiger partial charge in [0, 0.05) is 28.0 Å². The second-order valence-electron chi connectivity index (χ2n) is 12.3. The fourth-order valence-corrected chi connectivity index (χ4v) is 7.90. The molecule has 4 N–H and O–H groups in total. The zero-order valence-electron chi connectivity index (χ0n) is 27.6. The third-order valence-electron chi connectivity index (χ3n) is 8.97. The SMILES string of the molecule is N=C(SCc1cccc(-c2cccc3ccccc23)n1)c1ccc2ccc(C(=N)SC(N)c3cccc(-c4cccc5ccccc45)n3)cc2c1. The zero-order chi connectivity index (χ0) is 34.7. The van der Waals surface area contributed by atoms with Crippen LogP contribution in [-0.4, -0.2) is 20.1 Å². The monoisotopic (exact) mass is 695 g/mol. The Morgan fingerprint density at radius 3 is 1.75 bits per heavy atom. The molecule has 8 rings (SSSR count). The number of aromatic nitrogens is 2. The first kappa shape index (κ1) is 32.6. The maximum absolute atomic E-state index is 8.94. The van der Waals surface area contributed by atoms with Crippen LogP contribution in [0.1, 0.15) is 27.9 Å². The number of rotatable bonds is 8. The molecule has 51 heavy (non-hydrogen) atoms. The molecule has 0 aliphatic heterocycles. The summed E-state index contributed by atoms with van der Waals surface area (Å²) in [5.41, 5.74) is 13.9. The molecule has 1 unspecified atom stereocenters. The highest BCUT2D eigenvalue weighted by Gasteiger charge is 2.16. The van der Waals surface area contributed by atoms with Crippen molar-refractivity contribution < 1.29 is 0 Å². The molecule has 0 amide bonds. The number of benzene rings is 6. The third kappa shape index (κ3) is 6.92. The summed E-state index contributed by atoms with van der Waals surface area (Å²) in [5, 5.41) is 24.9. The summed E-state index contributed by atoms with van der Waals surface area (Å²) in [6.45, 7) is 0. The number of fused-ring (bicyclic) bond motifs is 3. The van der Waals surface area contributed by atoms with Gasteiger partial charge < -0.3 is 5.73 Å². The zero-order valence-corrected chi connectivity index (χ0v) is 29.2. The van der Waals surface area contributed by atoms with Crippen LogP contribution >= 0.6 is 23.5 Å². The van der Waals surface area contributed by atoms with E-state index in [-0.39, 0.29) is 0 Å². The van der Waals surface area contributed by atoms with E-state index in [0.717, 1.165) is 66.6 Å². The van der Waals surface area contributed by atoms with E-state index in [2.05, 4.69) is 66.7 Å². The summed E-state index contributed by atoms with van der Waals surface area (Å²) in [7, 11) is 0. The summed E-state index contributed by atoms with van der Waals surface area (Å²) < 4.78 is 0. The highest BCUT2D eigenvalue weighted by molar-refractivity contribution is 8.14. The number of nitrogens with one attached hydrogen (secondary N) is 2. The van der Waals surface area contributed by atoms with Crippen molar-refractivity contribution in [1.29, 1.82) is 10.8 Å². The first-order valence-corrected chi connectivity index (χ1v) is 18.5. The minimum absolute atomic E-state index is 0.369. The number of hydrogen-bond donors (Lipinski definition) is 3. The quantitative estimate of drug-likeness (QED) is 0.0835. The lowest BCUT2D eigenvalue weighted by atomic mass is 10.0. The Balaban J connectivity index is 0.959. The summed E-state index contributed by atoms with van der Waals surface area (Å²) in [6, 6.07) is 53.2. The Morgan fingerprint density at radius 1 is 0.529 bits per heavy atom. The Morgan fingerprint density at radius 2 is 1.08 bits per heavy atom. The van der Waals surface area contributed by atoms with E-state index >= 15 is 0 Å². The Bertz CT molecular complexity index is 2590. The topological polar surface area (TPSA) is 99.5 Å². The first-order chi connectivity index (χ1) is 25.0. The molecule has 246 valence electrons. The minimum atomic E-state index is -0.508. The maximum Gasteiger partial charge on any atom is 0.0999 e. The molecule has 8 aromatic rings. The van der Waals surface area contributed by atoms with Gasteiger partial charge in [0.2, 0.25) is 0 Å². The second kappa shape index (κ2) is 14.3. The van der Waals surface area contributed by atoms with Crippen LogP contribution in [0.2, 0.25) is 0 Å². The van der Waals surface area contributed by atoms with Gasteiger partial charge >= 0.3 is 0 Å². The summed E-state index contributed by atoms with van der Waals surface area (Å²) in [5.74, 6) is 0.588. The van der Waals surface area contributed by atoms with E-state index in [0.29, 0.717) is 15.8 Å². The summed E-state index contributed by atoms with van der Waals surface area (Å²) in [6.07, 6.45) is 0. The molecule has 2 aromatic heterocycles. The van der Waals surface area contributed by atoms with Gasteiger partial charge in [-0.3, -0.25) is 20.8 Å². The molecular weight excluding hydrogens is 663 g/mol. The van der Waals surface area contributed by atoms with E-state index < -0.39 is 5.37 Å². The minimum Gasteiger partial charge on any atom is -0.314 e. The molecule has 0 fully saturated rings. The Kier molecular flexibility index (Phi) is 9.16. The van der Waals surface area contributed by atoms with Gasteiger partial charge in [0.15, 0.2) is 0 Å². The van der Waals surface area contributed by atoms with Gasteiger partial charge in [0.1, 0.15) is 0 Å². The molecule has 0 spiro atoms. The van der Waals surface area contributed by atoms with E-state index in [9.17, 15) is 0 Å². The molecule has 0 bridgehead atoms. The van der Waals surface area contributed by atoms with Gasteiger partial charge in [-0.2, -0.15) is 0 Å². The predicted molar refractivity (Wildman–Crippen MR) is 218 cm³/mol. The van der Waals surface area contributed by atoms with Crippen molar-refractivity contribution in [1.82, 2.24) is 9.97 Å². The maximum atomic E-state index is 8.94. The Labute approximate surface area is 305 Å². The number of pyridine rings is 2. The van der Waals surface area contributed by atoms with Crippen molar-refractivity contribution in [2.75, 3.05) is 0 Å². The lowest BCUT2D eigenvalue weighted by Crippen LogP contribution is -2.11. The van der Waals surface area contributed by atoms with Gasteiger partial charge in [-0.25, -0.2) is 0 Å². The molecule has 0 aliphatic rings. The van der Waals surface area contributed by atoms with Crippen molar-refractivity contribution in [2.24, 2.45) is 5.73 Å². The van der Waals surface area contributed by atoms with Crippen molar-refractivity contribution in [2.45, 2.75) is 11.1 Å². The van der Waals surface area contributed by atoms with Crippen LogP contribution in [0, 0.1) is 10.8 Å². The molecule has 7 heteroatoms. The molecule has 6 aromatic carbocycles. The van der Waals surface area contributed by atoms with Gasteiger partial charge in [-0.1, -0.05) is 133 Å². The average molecular weight is 696 g/mol. The van der Waals surface area contributed by atoms with Gasteiger partial charge in [0.25, 0.3) is 0 Å². The van der Waals surface area contributed by atoms with Crippen molar-refractivity contribution in [3.8, 4) is 22.5 Å².